The molecule has 0 aromatic heterocycles. The van der Waals surface area contributed by atoms with Crippen molar-refractivity contribution in [3.8, 4) is 0 Å². The van der Waals surface area contributed by atoms with E-state index < -0.39 is 0 Å². The zero-order valence-electron chi connectivity index (χ0n) is 8.46. The number of carbonyl (C=O) groups excluding carboxylic acids is 1. The molecular weight excluding hydrogens is 164 g/mol. The van der Waals surface area contributed by atoms with Gasteiger partial charge in [0.1, 0.15) is 5.78 Å². The summed E-state index contributed by atoms with van der Waals surface area (Å²) in [5, 5.41) is 9.00. The molecule has 0 saturated heterocycles. The Morgan fingerprint density at radius 2 is 1.77 bits per heavy atom. The standard InChI is InChI=1S/C6H12O.C5H8O/c1-5-3-2-4-6(5)7;6-5-3-1-2-4-5/h5-7H,2-4H2,1H3;1-4H2. The summed E-state index contributed by atoms with van der Waals surface area (Å²) in [7, 11) is 0. The van der Waals surface area contributed by atoms with E-state index in [1.807, 2.05) is 0 Å². The monoisotopic (exact) mass is 184 g/mol. The Morgan fingerprint density at radius 3 is 1.92 bits per heavy atom. The predicted octanol–water partition coefficient (Wildman–Crippen LogP) is 2.30. The van der Waals surface area contributed by atoms with E-state index in [-0.39, 0.29) is 6.10 Å². The smallest absolute Gasteiger partial charge is 0.132 e. The summed E-state index contributed by atoms with van der Waals surface area (Å²) in [6.45, 7) is 2.11. The van der Waals surface area contributed by atoms with Crippen molar-refractivity contribution in [2.45, 2.75) is 58.0 Å². The van der Waals surface area contributed by atoms with Crippen LogP contribution in [-0.2, 0) is 4.79 Å². The Hall–Kier alpha value is -0.370. The Balaban J connectivity index is 0.000000132. The minimum absolute atomic E-state index is 0.0139. The zero-order chi connectivity index (χ0) is 9.68. The summed E-state index contributed by atoms with van der Waals surface area (Å²) in [6, 6.07) is 0. The quantitative estimate of drug-likeness (QED) is 0.627. The number of ketones is 1. The first-order valence-electron chi connectivity index (χ1n) is 5.40. The number of carbonyl (C=O) groups is 1. The second kappa shape index (κ2) is 5.38. The normalized spacial score (nSPS) is 32.9. The molecule has 2 saturated carbocycles. The third kappa shape index (κ3) is 3.90. The van der Waals surface area contributed by atoms with E-state index in [4.69, 9.17) is 5.11 Å². The van der Waals surface area contributed by atoms with Crippen molar-refractivity contribution in [2.75, 3.05) is 0 Å². The van der Waals surface area contributed by atoms with Crippen molar-refractivity contribution in [2.24, 2.45) is 5.92 Å². The predicted molar refractivity (Wildman–Crippen MR) is 52.5 cm³/mol. The van der Waals surface area contributed by atoms with Crippen LogP contribution in [0.4, 0.5) is 0 Å². The number of hydrogen-bond acceptors (Lipinski definition) is 2. The maximum atomic E-state index is 10.2. The molecular formula is C11H20O2. The third-order valence-corrected chi connectivity index (χ3v) is 2.98. The van der Waals surface area contributed by atoms with Gasteiger partial charge in [-0.15, -0.1) is 0 Å². The number of aliphatic hydroxyl groups excluding tert-OH is 1. The Labute approximate surface area is 80.3 Å². The van der Waals surface area contributed by atoms with E-state index in [1.165, 1.54) is 12.8 Å². The molecule has 2 nitrogen and oxygen atoms in total. The molecule has 2 atom stereocenters. The summed E-state index contributed by atoms with van der Waals surface area (Å²) >= 11 is 0. The van der Waals surface area contributed by atoms with Crippen LogP contribution in [0.25, 0.3) is 0 Å². The van der Waals surface area contributed by atoms with Crippen molar-refractivity contribution in [3.05, 3.63) is 0 Å². The fourth-order valence-corrected chi connectivity index (χ4v) is 1.90. The first-order valence-corrected chi connectivity index (χ1v) is 5.40. The Kier molecular flexibility index (Phi) is 4.43. The van der Waals surface area contributed by atoms with Gasteiger partial charge >= 0.3 is 0 Å². The van der Waals surface area contributed by atoms with Crippen LogP contribution in [0.5, 0.6) is 0 Å². The molecule has 2 heteroatoms. The van der Waals surface area contributed by atoms with Crippen LogP contribution in [0.2, 0.25) is 0 Å². The molecule has 0 aliphatic heterocycles. The maximum Gasteiger partial charge on any atom is 0.132 e. The summed E-state index contributed by atoms with van der Waals surface area (Å²) in [5.74, 6) is 1.02. The van der Waals surface area contributed by atoms with Crippen LogP contribution in [0.3, 0.4) is 0 Å². The summed E-state index contributed by atoms with van der Waals surface area (Å²) < 4.78 is 0. The topological polar surface area (TPSA) is 37.3 Å². The highest BCUT2D eigenvalue weighted by Gasteiger charge is 2.19. The lowest BCUT2D eigenvalue weighted by Crippen LogP contribution is -2.07. The molecule has 13 heavy (non-hydrogen) atoms. The first kappa shape index (κ1) is 10.7. The number of rotatable bonds is 0. The van der Waals surface area contributed by atoms with Gasteiger partial charge in [0, 0.05) is 12.8 Å². The van der Waals surface area contributed by atoms with Crippen molar-refractivity contribution in [1.29, 1.82) is 0 Å². The van der Waals surface area contributed by atoms with Gasteiger partial charge in [-0.05, 0) is 31.6 Å². The SMILES string of the molecule is CC1CCCC1O.O=C1CCCC1. The first-order chi connectivity index (χ1) is 6.20. The van der Waals surface area contributed by atoms with Crippen LogP contribution in [0, 0.1) is 5.92 Å². The van der Waals surface area contributed by atoms with Crippen molar-refractivity contribution in [1.82, 2.24) is 0 Å². The van der Waals surface area contributed by atoms with Gasteiger partial charge < -0.3 is 5.11 Å². The fraction of sp³-hybridized carbons (Fsp3) is 0.909. The number of Topliss-reactive ketones (excluding diaryl/α,β-unsaturated/α-hetero) is 1. The van der Waals surface area contributed by atoms with Gasteiger partial charge in [-0.25, -0.2) is 0 Å². The van der Waals surface area contributed by atoms with Crippen molar-refractivity contribution < 1.29 is 9.90 Å². The van der Waals surface area contributed by atoms with Gasteiger partial charge in [0.15, 0.2) is 0 Å². The summed E-state index contributed by atoms with van der Waals surface area (Å²) in [6.07, 6.45) is 7.46. The molecule has 0 bridgehead atoms. The maximum absolute atomic E-state index is 10.2. The van der Waals surface area contributed by atoms with E-state index in [2.05, 4.69) is 6.92 Å². The van der Waals surface area contributed by atoms with E-state index in [9.17, 15) is 4.79 Å². The number of hydrogen-bond donors (Lipinski definition) is 1. The molecule has 1 N–H and O–H groups in total. The Morgan fingerprint density at radius 1 is 1.15 bits per heavy atom. The molecule has 2 aliphatic rings. The highest BCUT2D eigenvalue weighted by atomic mass is 16.3. The fourth-order valence-electron chi connectivity index (χ4n) is 1.90. The molecule has 0 amide bonds. The molecule has 0 aromatic rings. The average Bonchev–Trinajstić information content (AvgIpc) is 2.67. The lowest BCUT2D eigenvalue weighted by molar-refractivity contribution is -0.117. The summed E-state index contributed by atoms with van der Waals surface area (Å²) in [5.41, 5.74) is 0. The van der Waals surface area contributed by atoms with Crippen LogP contribution >= 0.6 is 0 Å². The van der Waals surface area contributed by atoms with Crippen LogP contribution in [0.1, 0.15) is 51.9 Å². The average molecular weight is 184 g/mol. The minimum atomic E-state index is 0.0139. The van der Waals surface area contributed by atoms with E-state index >= 15 is 0 Å². The minimum Gasteiger partial charge on any atom is -0.393 e. The molecule has 2 aliphatic carbocycles. The summed E-state index contributed by atoms with van der Waals surface area (Å²) in [4.78, 5) is 10.2. The van der Waals surface area contributed by atoms with Gasteiger partial charge in [0.05, 0.1) is 6.10 Å². The molecule has 0 radical (unpaired) electrons. The molecule has 0 heterocycles. The second-order valence-corrected chi connectivity index (χ2v) is 4.22. The van der Waals surface area contributed by atoms with Crippen LogP contribution in [0.15, 0.2) is 0 Å². The van der Waals surface area contributed by atoms with Crippen LogP contribution < -0.4 is 0 Å². The van der Waals surface area contributed by atoms with Crippen LogP contribution in [-0.4, -0.2) is 17.0 Å². The van der Waals surface area contributed by atoms with Gasteiger partial charge in [-0.3, -0.25) is 4.79 Å². The van der Waals surface area contributed by atoms with Gasteiger partial charge in [0.2, 0.25) is 0 Å². The molecule has 2 unspecified atom stereocenters. The second-order valence-electron chi connectivity index (χ2n) is 4.22. The van der Waals surface area contributed by atoms with Gasteiger partial charge in [-0.2, -0.15) is 0 Å². The molecule has 2 rings (SSSR count). The molecule has 76 valence electrons. The lowest BCUT2D eigenvalue weighted by atomic mass is 10.1. The van der Waals surface area contributed by atoms with Crippen molar-refractivity contribution in [3.63, 3.8) is 0 Å². The number of aliphatic hydroxyl groups is 1. The third-order valence-electron chi connectivity index (χ3n) is 2.98. The molecule has 2 fully saturated rings. The van der Waals surface area contributed by atoms with Gasteiger partial charge in [0.25, 0.3) is 0 Å². The highest BCUT2D eigenvalue weighted by Crippen LogP contribution is 2.23. The van der Waals surface area contributed by atoms with E-state index in [1.54, 1.807) is 0 Å². The van der Waals surface area contributed by atoms with E-state index in [0.717, 1.165) is 32.1 Å². The van der Waals surface area contributed by atoms with E-state index in [0.29, 0.717) is 11.7 Å². The van der Waals surface area contributed by atoms with Crippen molar-refractivity contribution >= 4 is 5.78 Å². The lowest BCUT2D eigenvalue weighted by Gasteiger charge is -2.04. The zero-order valence-corrected chi connectivity index (χ0v) is 8.46. The highest BCUT2D eigenvalue weighted by molar-refractivity contribution is 5.79. The largest absolute Gasteiger partial charge is 0.393 e. The van der Waals surface area contributed by atoms with Gasteiger partial charge in [-0.1, -0.05) is 13.3 Å². The Bertz CT molecular complexity index is 149. The molecule has 0 spiro atoms. The molecule has 0 aromatic carbocycles.